The molecule has 0 aliphatic carbocycles. The fourth-order valence-electron chi connectivity index (χ4n) is 1.92. The molecule has 0 saturated carbocycles. The van der Waals surface area contributed by atoms with E-state index in [9.17, 15) is 4.79 Å². The highest BCUT2D eigenvalue weighted by Crippen LogP contribution is 2.13. The summed E-state index contributed by atoms with van der Waals surface area (Å²) in [6.07, 6.45) is 2.15. The first-order chi connectivity index (χ1) is 10.3. The van der Waals surface area contributed by atoms with Crippen LogP contribution >= 0.6 is 0 Å². The van der Waals surface area contributed by atoms with E-state index in [4.69, 9.17) is 4.74 Å². The van der Waals surface area contributed by atoms with Crippen LogP contribution in [0.15, 0.2) is 54.6 Å². The fraction of sp³-hybridized carbons (Fsp3) is 0.278. The summed E-state index contributed by atoms with van der Waals surface area (Å²) in [5, 5.41) is 2.91. The molecule has 0 saturated heterocycles. The van der Waals surface area contributed by atoms with Crippen LogP contribution in [0.1, 0.15) is 35.7 Å². The van der Waals surface area contributed by atoms with E-state index in [2.05, 4.69) is 12.2 Å². The van der Waals surface area contributed by atoms with Gasteiger partial charge in [-0.15, -0.1) is 0 Å². The quantitative estimate of drug-likeness (QED) is 0.785. The minimum atomic E-state index is -0.0704. The Hall–Kier alpha value is -2.29. The van der Waals surface area contributed by atoms with Gasteiger partial charge in [0.15, 0.2) is 0 Å². The predicted molar refractivity (Wildman–Crippen MR) is 84.5 cm³/mol. The van der Waals surface area contributed by atoms with E-state index in [0.29, 0.717) is 12.1 Å². The minimum absolute atomic E-state index is 0.0704. The Morgan fingerprint density at radius 1 is 1.05 bits per heavy atom. The molecule has 2 aromatic carbocycles. The Morgan fingerprint density at radius 3 is 2.43 bits per heavy atom. The molecule has 21 heavy (non-hydrogen) atoms. The first-order valence-electron chi connectivity index (χ1n) is 7.34. The van der Waals surface area contributed by atoms with E-state index in [0.717, 1.165) is 30.8 Å². The number of ether oxygens (including phenoxy) is 1. The molecule has 0 aliphatic rings. The number of unbranched alkanes of at least 4 members (excludes halogenated alkanes) is 1. The molecule has 3 heteroatoms. The molecule has 1 amide bonds. The summed E-state index contributed by atoms with van der Waals surface area (Å²) in [5.74, 6) is 0.738. The Balaban J connectivity index is 1.85. The molecule has 110 valence electrons. The fourth-order valence-corrected chi connectivity index (χ4v) is 1.92. The van der Waals surface area contributed by atoms with Gasteiger partial charge in [-0.1, -0.05) is 43.7 Å². The summed E-state index contributed by atoms with van der Waals surface area (Å²) in [6, 6.07) is 17.1. The van der Waals surface area contributed by atoms with Gasteiger partial charge < -0.3 is 10.1 Å². The van der Waals surface area contributed by atoms with E-state index < -0.39 is 0 Å². The number of amides is 1. The summed E-state index contributed by atoms with van der Waals surface area (Å²) in [7, 11) is 0. The van der Waals surface area contributed by atoms with Gasteiger partial charge in [-0.2, -0.15) is 0 Å². The molecule has 0 bridgehead atoms. The molecule has 0 aliphatic heterocycles. The summed E-state index contributed by atoms with van der Waals surface area (Å²) in [6.45, 7) is 3.38. The molecule has 0 fully saturated rings. The molecule has 0 heterocycles. The third kappa shape index (κ3) is 4.95. The minimum Gasteiger partial charge on any atom is -0.494 e. The van der Waals surface area contributed by atoms with Crippen molar-refractivity contribution >= 4 is 5.91 Å². The lowest BCUT2D eigenvalue weighted by Crippen LogP contribution is -2.22. The van der Waals surface area contributed by atoms with Gasteiger partial charge >= 0.3 is 0 Å². The zero-order valence-electron chi connectivity index (χ0n) is 12.3. The maximum absolute atomic E-state index is 12.0. The number of rotatable bonds is 7. The van der Waals surface area contributed by atoms with Crippen LogP contribution < -0.4 is 10.1 Å². The average Bonchev–Trinajstić information content (AvgIpc) is 2.54. The molecular formula is C18H21NO2. The summed E-state index contributed by atoms with van der Waals surface area (Å²) in [4.78, 5) is 12.0. The third-order valence-electron chi connectivity index (χ3n) is 3.18. The van der Waals surface area contributed by atoms with Crippen molar-refractivity contribution in [2.75, 3.05) is 6.61 Å². The van der Waals surface area contributed by atoms with Gasteiger partial charge in [0.2, 0.25) is 0 Å². The second-order valence-electron chi connectivity index (χ2n) is 4.89. The van der Waals surface area contributed by atoms with Gasteiger partial charge in [0.1, 0.15) is 5.75 Å². The van der Waals surface area contributed by atoms with Gasteiger partial charge in [0.05, 0.1) is 6.61 Å². The van der Waals surface area contributed by atoms with Gasteiger partial charge in [-0.3, -0.25) is 4.79 Å². The Bertz CT molecular complexity index is 549. The van der Waals surface area contributed by atoms with E-state index in [-0.39, 0.29) is 5.91 Å². The topological polar surface area (TPSA) is 38.3 Å². The zero-order chi connectivity index (χ0) is 14.9. The Kier molecular flexibility index (Phi) is 5.83. The molecule has 0 radical (unpaired) electrons. The van der Waals surface area contributed by atoms with Crippen molar-refractivity contribution in [3.63, 3.8) is 0 Å². The van der Waals surface area contributed by atoms with E-state index >= 15 is 0 Å². The molecule has 0 aromatic heterocycles. The van der Waals surface area contributed by atoms with Crippen LogP contribution in [0.2, 0.25) is 0 Å². The van der Waals surface area contributed by atoms with E-state index in [1.54, 1.807) is 12.1 Å². The van der Waals surface area contributed by atoms with Crippen LogP contribution in [0.25, 0.3) is 0 Å². The summed E-state index contributed by atoms with van der Waals surface area (Å²) in [5.41, 5.74) is 1.74. The maximum Gasteiger partial charge on any atom is 0.251 e. The van der Waals surface area contributed by atoms with Gasteiger partial charge in [0.25, 0.3) is 5.91 Å². The largest absolute Gasteiger partial charge is 0.494 e. The Morgan fingerprint density at radius 2 is 1.76 bits per heavy atom. The molecule has 0 atom stereocenters. The van der Waals surface area contributed by atoms with Crippen molar-refractivity contribution in [2.45, 2.75) is 26.3 Å². The van der Waals surface area contributed by atoms with Gasteiger partial charge in [0, 0.05) is 12.1 Å². The summed E-state index contributed by atoms with van der Waals surface area (Å²) < 4.78 is 5.58. The lowest BCUT2D eigenvalue weighted by Gasteiger charge is -2.07. The lowest BCUT2D eigenvalue weighted by atomic mass is 10.2. The van der Waals surface area contributed by atoms with Crippen LogP contribution in [0.4, 0.5) is 0 Å². The van der Waals surface area contributed by atoms with Crippen LogP contribution in [0.5, 0.6) is 5.75 Å². The molecule has 1 N–H and O–H groups in total. The van der Waals surface area contributed by atoms with Crippen molar-refractivity contribution in [2.24, 2.45) is 0 Å². The van der Waals surface area contributed by atoms with Crippen LogP contribution in [0.3, 0.4) is 0 Å². The first-order valence-corrected chi connectivity index (χ1v) is 7.34. The molecular weight excluding hydrogens is 262 g/mol. The number of hydrogen-bond donors (Lipinski definition) is 1. The second-order valence-corrected chi connectivity index (χ2v) is 4.89. The number of carbonyl (C=O) groups excluding carboxylic acids is 1. The Labute approximate surface area is 126 Å². The van der Waals surface area contributed by atoms with Crippen molar-refractivity contribution < 1.29 is 9.53 Å². The van der Waals surface area contributed by atoms with Gasteiger partial charge in [-0.25, -0.2) is 0 Å². The zero-order valence-corrected chi connectivity index (χ0v) is 12.3. The van der Waals surface area contributed by atoms with Crippen LogP contribution in [-0.2, 0) is 6.54 Å². The predicted octanol–water partition coefficient (Wildman–Crippen LogP) is 3.80. The van der Waals surface area contributed by atoms with Crippen molar-refractivity contribution in [1.82, 2.24) is 5.32 Å². The molecule has 0 spiro atoms. The standard InChI is InChI=1S/C18H21NO2/c1-2-3-13-21-17-11-9-16(10-12-17)18(20)19-14-15-7-5-4-6-8-15/h4-12H,2-3,13-14H2,1H3,(H,19,20). The number of benzene rings is 2. The van der Waals surface area contributed by atoms with Crippen molar-refractivity contribution in [3.05, 3.63) is 65.7 Å². The normalized spacial score (nSPS) is 10.1. The van der Waals surface area contributed by atoms with Crippen LogP contribution in [-0.4, -0.2) is 12.5 Å². The summed E-state index contributed by atoms with van der Waals surface area (Å²) >= 11 is 0. The van der Waals surface area contributed by atoms with Crippen LogP contribution in [0, 0.1) is 0 Å². The van der Waals surface area contributed by atoms with Crippen molar-refractivity contribution in [3.8, 4) is 5.75 Å². The van der Waals surface area contributed by atoms with E-state index in [1.165, 1.54) is 0 Å². The SMILES string of the molecule is CCCCOc1ccc(C(=O)NCc2ccccc2)cc1. The number of hydrogen-bond acceptors (Lipinski definition) is 2. The first kappa shape index (κ1) is 15.1. The second kappa shape index (κ2) is 8.10. The lowest BCUT2D eigenvalue weighted by molar-refractivity contribution is 0.0951. The monoisotopic (exact) mass is 283 g/mol. The average molecular weight is 283 g/mol. The van der Waals surface area contributed by atoms with Crippen molar-refractivity contribution in [1.29, 1.82) is 0 Å². The molecule has 2 aromatic rings. The highest BCUT2D eigenvalue weighted by atomic mass is 16.5. The molecule has 2 rings (SSSR count). The highest BCUT2D eigenvalue weighted by molar-refractivity contribution is 5.94. The third-order valence-corrected chi connectivity index (χ3v) is 3.18. The highest BCUT2D eigenvalue weighted by Gasteiger charge is 2.05. The number of nitrogens with one attached hydrogen (secondary N) is 1. The number of carbonyl (C=O) groups is 1. The maximum atomic E-state index is 12.0. The van der Waals surface area contributed by atoms with E-state index in [1.807, 2.05) is 42.5 Å². The smallest absolute Gasteiger partial charge is 0.251 e. The molecule has 0 unspecified atom stereocenters. The molecule has 3 nitrogen and oxygen atoms in total. The van der Waals surface area contributed by atoms with Gasteiger partial charge in [-0.05, 0) is 36.2 Å².